The molecule has 0 bridgehead atoms. The van der Waals surface area contributed by atoms with Gasteiger partial charge in [-0.2, -0.15) is 5.10 Å². The number of hydrogen-bond donors (Lipinski definition) is 1. The zero-order valence-corrected chi connectivity index (χ0v) is 19.1. The molecule has 3 heterocycles. The second-order valence-electron chi connectivity index (χ2n) is 8.38. The van der Waals surface area contributed by atoms with Crippen LogP contribution >= 0.6 is 0 Å². The molecule has 0 spiro atoms. The SMILES string of the molecule is CCN1CCN(CC(=O)Nc2ccn(C)n2)CC(Cc2ccccc2-c2cccnc2)C1=O. The predicted octanol–water partition coefficient (Wildman–Crippen LogP) is 2.44. The summed E-state index contributed by atoms with van der Waals surface area (Å²) in [5.41, 5.74) is 3.23. The molecule has 1 saturated heterocycles. The topological polar surface area (TPSA) is 83.4 Å². The van der Waals surface area contributed by atoms with Crippen molar-refractivity contribution in [3.05, 3.63) is 66.6 Å². The number of pyridine rings is 1. The lowest BCUT2D eigenvalue weighted by molar-refractivity contribution is -0.134. The lowest BCUT2D eigenvalue weighted by Gasteiger charge is -2.24. The molecule has 3 aromatic rings. The van der Waals surface area contributed by atoms with Crippen molar-refractivity contribution in [2.24, 2.45) is 13.0 Å². The summed E-state index contributed by atoms with van der Waals surface area (Å²) in [6.07, 6.45) is 6.00. The highest BCUT2D eigenvalue weighted by atomic mass is 16.2. The summed E-state index contributed by atoms with van der Waals surface area (Å²) in [4.78, 5) is 34.2. The van der Waals surface area contributed by atoms with Crippen LogP contribution in [0.1, 0.15) is 12.5 Å². The van der Waals surface area contributed by atoms with E-state index in [0.717, 1.165) is 16.7 Å². The average Bonchev–Trinajstić information content (AvgIpc) is 3.17. The standard InChI is InChI=1S/C25H30N6O2/c1-3-31-14-13-30(18-24(32)27-23-10-12-29(2)28-23)17-21(25(31)33)15-19-7-4-5-9-22(19)20-8-6-11-26-16-20/h4-12,16,21H,3,13-15,17-18H2,1-2H3,(H,27,28,32). The average molecular weight is 447 g/mol. The monoisotopic (exact) mass is 446 g/mol. The molecule has 33 heavy (non-hydrogen) atoms. The number of aromatic nitrogens is 3. The summed E-state index contributed by atoms with van der Waals surface area (Å²) in [7, 11) is 1.81. The van der Waals surface area contributed by atoms with Gasteiger partial charge in [0.15, 0.2) is 5.82 Å². The quantitative estimate of drug-likeness (QED) is 0.603. The Labute approximate surface area is 194 Å². The van der Waals surface area contributed by atoms with Crippen LogP contribution in [0.5, 0.6) is 0 Å². The highest BCUT2D eigenvalue weighted by molar-refractivity contribution is 5.91. The Hall–Kier alpha value is -3.52. The van der Waals surface area contributed by atoms with E-state index in [9.17, 15) is 9.59 Å². The van der Waals surface area contributed by atoms with Crippen LogP contribution in [0.4, 0.5) is 5.82 Å². The summed E-state index contributed by atoms with van der Waals surface area (Å²) >= 11 is 0. The Kier molecular flexibility index (Phi) is 7.14. The zero-order valence-electron chi connectivity index (χ0n) is 19.1. The number of aryl methyl sites for hydroxylation is 1. The highest BCUT2D eigenvalue weighted by Gasteiger charge is 2.31. The van der Waals surface area contributed by atoms with Gasteiger partial charge < -0.3 is 10.2 Å². The highest BCUT2D eigenvalue weighted by Crippen LogP contribution is 2.26. The maximum absolute atomic E-state index is 13.3. The van der Waals surface area contributed by atoms with Crippen molar-refractivity contribution in [3.63, 3.8) is 0 Å². The van der Waals surface area contributed by atoms with Crippen LogP contribution in [0.25, 0.3) is 11.1 Å². The molecule has 1 atom stereocenters. The van der Waals surface area contributed by atoms with E-state index in [1.807, 2.05) is 49.3 Å². The van der Waals surface area contributed by atoms with Gasteiger partial charge in [-0.05, 0) is 30.5 Å². The largest absolute Gasteiger partial charge is 0.341 e. The van der Waals surface area contributed by atoms with Crippen LogP contribution in [0.15, 0.2) is 61.1 Å². The molecule has 1 aromatic carbocycles. The third-order valence-electron chi connectivity index (χ3n) is 6.01. The smallest absolute Gasteiger partial charge is 0.239 e. The van der Waals surface area contributed by atoms with Gasteiger partial charge in [0, 0.05) is 63.4 Å². The summed E-state index contributed by atoms with van der Waals surface area (Å²) in [6.45, 7) is 4.70. The van der Waals surface area contributed by atoms with Crippen molar-refractivity contribution < 1.29 is 9.59 Å². The molecule has 0 saturated carbocycles. The molecular weight excluding hydrogens is 416 g/mol. The molecule has 1 fully saturated rings. The number of carbonyl (C=O) groups is 2. The second-order valence-corrected chi connectivity index (χ2v) is 8.38. The van der Waals surface area contributed by atoms with Crippen LogP contribution in [0, 0.1) is 5.92 Å². The Bertz CT molecular complexity index is 1100. The van der Waals surface area contributed by atoms with E-state index in [1.54, 1.807) is 23.1 Å². The minimum atomic E-state index is -0.229. The number of benzene rings is 1. The van der Waals surface area contributed by atoms with Crippen molar-refractivity contribution in [2.45, 2.75) is 13.3 Å². The van der Waals surface area contributed by atoms with Crippen molar-refractivity contribution in [1.82, 2.24) is 24.6 Å². The maximum Gasteiger partial charge on any atom is 0.239 e. The lowest BCUT2D eigenvalue weighted by atomic mass is 9.91. The van der Waals surface area contributed by atoms with E-state index in [2.05, 4.69) is 32.4 Å². The van der Waals surface area contributed by atoms with E-state index in [4.69, 9.17) is 0 Å². The van der Waals surface area contributed by atoms with Gasteiger partial charge >= 0.3 is 0 Å². The number of likely N-dealkylation sites (N-methyl/N-ethyl adjacent to an activating group) is 1. The Morgan fingerprint density at radius 1 is 1.15 bits per heavy atom. The van der Waals surface area contributed by atoms with Crippen molar-refractivity contribution >= 4 is 17.6 Å². The molecule has 0 aliphatic carbocycles. The van der Waals surface area contributed by atoms with E-state index in [1.165, 1.54) is 0 Å². The molecular formula is C25H30N6O2. The first-order valence-electron chi connectivity index (χ1n) is 11.3. The third kappa shape index (κ3) is 5.64. The molecule has 1 unspecified atom stereocenters. The number of amides is 2. The zero-order chi connectivity index (χ0) is 23.2. The minimum Gasteiger partial charge on any atom is -0.341 e. The normalized spacial score (nSPS) is 17.1. The number of anilines is 1. The van der Waals surface area contributed by atoms with Crippen molar-refractivity contribution in [2.75, 3.05) is 38.0 Å². The van der Waals surface area contributed by atoms with Crippen LogP contribution < -0.4 is 5.32 Å². The third-order valence-corrected chi connectivity index (χ3v) is 6.01. The molecule has 4 rings (SSSR count). The lowest BCUT2D eigenvalue weighted by Crippen LogP contribution is -2.38. The first-order chi connectivity index (χ1) is 16.0. The van der Waals surface area contributed by atoms with Crippen LogP contribution in [-0.4, -0.2) is 69.1 Å². The summed E-state index contributed by atoms with van der Waals surface area (Å²) in [6, 6.07) is 13.9. The van der Waals surface area contributed by atoms with Gasteiger partial charge in [-0.3, -0.25) is 24.2 Å². The number of rotatable bonds is 7. The summed E-state index contributed by atoms with van der Waals surface area (Å²) in [5.74, 6) is 0.324. The van der Waals surface area contributed by atoms with Gasteiger partial charge in [-0.15, -0.1) is 0 Å². The molecule has 1 aliphatic rings. The number of hydrogen-bond acceptors (Lipinski definition) is 5. The van der Waals surface area contributed by atoms with Gasteiger partial charge in [0.05, 0.1) is 12.5 Å². The van der Waals surface area contributed by atoms with Crippen molar-refractivity contribution in [1.29, 1.82) is 0 Å². The Balaban J connectivity index is 1.51. The van der Waals surface area contributed by atoms with Gasteiger partial charge in [0.25, 0.3) is 0 Å². The molecule has 1 aliphatic heterocycles. The fourth-order valence-corrected chi connectivity index (χ4v) is 4.36. The van der Waals surface area contributed by atoms with Gasteiger partial charge in [-0.25, -0.2) is 0 Å². The van der Waals surface area contributed by atoms with Crippen LogP contribution in [-0.2, 0) is 23.1 Å². The predicted molar refractivity (Wildman–Crippen MR) is 127 cm³/mol. The Morgan fingerprint density at radius 3 is 2.73 bits per heavy atom. The number of nitrogens with one attached hydrogen (secondary N) is 1. The van der Waals surface area contributed by atoms with Gasteiger partial charge in [0.1, 0.15) is 0 Å². The summed E-state index contributed by atoms with van der Waals surface area (Å²) < 4.78 is 1.65. The molecule has 2 amide bonds. The van der Waals surface area contributed by atoms with Crippen molar-refractivity contribution in [3.8, 4) is 11.1 Å². The maximum atomic E-state index is 13.3. The van der Waals surface area contributed by atoms with E-state index in [-0.39, 0.29) is 24.3 Å². The molecule has 8 heteroatoms. The first-order valence-corrected chi connectivity index (χ1v) is 11.3. The van der Waals surface area contributed by atoms with E-state index in [0.29, 0.717) is 38.4 Å². The Morgan fingerprint density at radius 2 is 2.00 bits per heavy atom. The van der Waals surface area contributed by atoms with Gasteiger partial charge in [-0.1, -0.05) is 30.3 Å². The molecule has 0 radical (unpaired) electrons. The fourth-order valence-electron chi connectivity index (χ4n) is 4.36. The fraction of sp³-hybridized carbons (Fsp3) is 0.360. The number of carbonyl (C=O) groups excluding carboxylic acids is 2. The van der Waals surface area contributed by atoms with E-state index >= 15 is 0 Å². The molecule has 1 N–H and O–H groups in total. The molecule has 2 aromatic heterocycles. The van der Waals surface area contributed by atoms with E-state index < -0.39 is 0 Å². The molecule has 172 valence electrons. The second kappa shape index (κ2) is 10.4. The molecule has 8 nitrogen and oxygen atoms in total. The van der Waals surface area contributed by atoms with Crippen LogP contribution in [0.2, 0.25) is 0 Å². The minimum absolute atomic E-state index is 0.124. The summed E-state index contributed by atoms with van der Waals surface area (Å²) in [5, 5.41) is 7.05. The van der Waals surface area contributed by atoms with Crippen LogP contribution in [0.3, 0.4) is 0 Å². The first kappa shape index (κ1) is 22.7. The number of nitrogens with zero attached hydrogens (tertiary/aromatic N) is 5. The van der Waals surface area contributed by atoms with Gasteiger partial charge in [0.2, 0.25) is 11.8 Å².